The second-order valence-electron chi connectivity index (χ2n) is 6.53. The first-order valence-corrected chi connectivity index (χ1v) is 10.6. The Balaban J connectivity index is 1.56. The van der Waals surface area contributed by atoms with Gasteiger partial charge in [-0.3, -0.25) is 0 Å². The zero-order chi connectivity index (χ0) is 21.1. The van der Waals surface area contributed by atoms with E-state index in [0.29, 0.717) is 57.6 Å². The van der Waals surface area contributed by atoms with E-state index < -0.39 is 29.9 Å². The number of rotatable bonds is 14. The van der Waals surface area contributed by atoms with Crippen LogP contribution < -0.4 is 0 Å². The normalized spacial score (nSPS) is 27.4. The summed E-state index contributed by atoms with van der Waals surface area (Å²) in [7, 11) is 0. The van der Waals surface area contributed by atoms with E-state index in [1.165, 1.54) is 11.8 Å². The molecule has 29 heavy (non-hydrogen) atoms. The van der Waals surface area contributed by atoms with Gasteiger partial charge >= 0.3 is 0 Å². The van der Waals surface area contributed by atoms with Gasteiger partial charge in [-0.05, 0) is 6.92 Å². The molecule has 0 bridgehead atoms. The summed E-state index contributed by atoms with van der Waals surface area (Å²) in [6, 6.07) is 0. The first-order valence-electron chi connectivity index (χ1n) is 9.57. The number of aliphatic hydroxyl groups excluding tert-OH is 4. The smallest absolute Gasteiger partial charge is 0.132 e. The third-order valence-electron chi connectivity index (χ3n) is 4.23. The molecular weight excluding hydrogens is 406 g/mol. The SMILES string of the molecule is CC1O[C@@H](SCc2cn(CCOCCOCCOCCO)nn2)C(O)[C@@H](O)[C@@H]1O. The van der Waals surface area contributed by atoms with Crippen LogP contribution in [0.2, 0.25) is 0 Å². The van der Waals surface area contributed by atoms with Crippen molar-refractivity contribution in [3.63, 3.8) is 0 Å². The highest BCUT2D eigenvalue weighted by atomic mass is 32.2. The lowest BCUT2D eigenvalue weighted by molar-refractivity contribution is -0.192. The first-order chi connectivity index (χ1) is 14.0. The summed E-state index contributed by atoms with van der Waals surface area (Å²) in [5.74, 6) is 0.449. The lowest BCUT2D eigenvalue weighted by Gasteiger charge is -2.38. The summed E-state index contributed by atoms with van der Waals surface area (Å²) in [4.78, 5) is 0. The molecule has 0 saturated carbocycles. The van der Waals surface area contributed by atoms with E-state index in [-0.39, 0.29) is 6.61 Å². The second-order valence-corrected chi connectivity index (χ2v) is 7.61. The fourth-order valence-corrected chi connectivity index (χ4v) is 3.68. The third kappa shape index (κ3) is 8.44. The molecule has 1 aromatic rings. The summed E-state index contributed by atoms with van der Waals surface area (Å²) < 4.78 is 23.1. The van der Waals surface area contributed by atoms with Crippen molar-refractivity contribution in [3.8, 4) is 0 Å². The average molecular weight is 438 g/mol. The van der Waals surface area contributed by atoms with Gasteiger partial charge in [0.15, 0.2) is 0 Å². The average Bonchev–Trinajstić information content (AvgIpc) is 3.17. The number of aromatic nitrogens is 3. The van der Waals surface area contributed by atoms with Gasteiger partial charge in [0.25, 0.3) is 0 Å². The number of ether oxygens (including phenoxy) is 4. The summed E-state index contributed by atoms with van der Waals surface area (Å²) in [5.41, 5.74) is 0.0659. The van der Waals surface area contributed by atoms with Crippen molar-refractivity contribution in [2.75, 3.05) is 46.2 Å². The van der Waals surface area contributed by atoms with Crippen LogP contribution in [0, 0.1) is 0 Å². The summed E-state index contributed by atoms with van der Waals surface area (Å²) in [6.07, 6.45) is -2.28. The molecular formula is C17H31N3O8S. The number of thioether (sulfide) groups is 1. The summed E-state index contributed by atoms with van der Waals surface area (Å²) >= 11 is 1.29. The minimum atomic E-state index is -1.24. The van der Waals surface area contributed by atoms with Gasteiger partial charge in [-0.15, -0.1) is 16.9 Å². The quantitative estimate of drug-likeness (QED) is 0.249. The summed E-state index contributed by atoms with van der Waals surface area (Å²) in [5, 5.41) is 46.2. The number of hydrogen-bond acceptors (Lipinski definition) is 11. The highest BCUT2D eigenvalue weighted by molar-refractivity contribution is 7.99. The van der Waals surface area contributed by atoms with E-state index in [2.05, 4.69) is 10.3 Å². The van der Waals surface area contributed by atoms with Crippen LogP contribution in [0.25, 0.3) is 0 Å². The van der Waals surface area contributed by atoms with Crippen molar-refractivity contribution >= 4 is 11.8 Å². The monoisotopic (exact) mass is 437 g/mol. The fraction of sp³-hybridized carbons (Fsp3) is 0.882. The van der Waals surface area contributed by atoms with Crippen molar-refractivity contribution in [2.24, 2.45) is 0 Å². The van der Waals surface area contributed by atoms with Gasteiger partial charge in [0.2, 0.25) is 0 Å². The molecule has 0 spiro atoms. The molecule has 168 valence electrons. The minimum absolute atomic E-state index is 0.00851. The lowest BCUT2D eigenvalue weighted by Crippen LogP contribution is -2.55. The molecule has 11 nitrogen and oxygen atoms in total. The fourth-order valence-electron chi connectivity index (χ4n) is 2.60. The van der Waals surface area contributed by atoms with E-state index >= 15 is 0 Å². The Morgan fingerprint density at radius 3 is 2.34 bits per heavy atom. The standard InChI is InChI=1S/C17H31N3O8S/c1-12-14(22)15(23)16(24)17(28-12)29-11-13-10-20(19-18-13)2-4-25-6-8-27-9-7-26-5-3-21/h10,12,14-17,21-24H,2-9,11H2,1H3/t12?,14-,15+,16?,17+/m1/s1. The zero-order valence-corrected chi connectivity index (χ0v) is 17.3. The number of aliphatic hydroxyl groups is 4. The third-order valence-corrected chi connectivity index (χ3v) is 5.42. The maximum atomic E-state index is 10.0. The Kier molecular flexibility index (Phi) is 11.4. The highest BCUT2D eigenvalue weighted by Gasteiger charge is 2.41. The molecule has 0 radical (unpaired) electrons. The van der Waals surface area contributed by atoms with Crippen LogP contribution >= 0.6 is 11.8 Å². The van der Waals surface area contributed by atoms with Gasteiger partial charge in [0.1, 0.15) is 23.7 Å². The topological polar surface area (TPSA) is 149 Å². The van der Waals surface area contributed by atoms with Crippen molar-refractivity contribution in [1.82, 2.24) is 15.0 Å². The predicted molar refractivity (Wildman–Crippen MR) is 103 cm³/mol. The van der Waals surface area contributed by atoms with Gasteiger partial charge in [0.05, 0.1) is 64.6 Å². The molecule has 2 heterocycles. The van der Waals surface area contributed by atoms with E-state index in [9.17, 15) is 15.3 Å². The molecule has 2 rings (SSSR count). The van der Waals surface area contributed by atoms with Gasteiger partial charge in [-0.1, -0.05) is 5.21 Å². The van der Waals surface area contributed by atoms with Crippen molar-refractivity contribution in [1.29, 1.82) is 0 Å². The second kappa shape index (κ2) is 13.5. The first kappa shape index (κ1) is 24.4. The number of nitrogens with zero attached hydrogens (tertiary/aromatic N) is 3. The molecule has 1 fully saturated rings. The van der Waals surface area contributed by atoms with Crippen LogP contribution in [0.5, 0.6) is 0 Å². The van der Waals surface area contributed by atoms with Gasteiger partial charge < -0.3 is 39.4 Å². The van der Waals surface area contributed by atoms with E-state index in [1.807, 2.05) is 0 Å². The largest absolute Gasteiger partial charge is 0.394 e. The molecule has 0 aromatic carbocycles. The van der Waals surface area contributed by atoms with Crippen LogP contribution in [-0.4, -0.2) is 112 Å². The molecule has 2 unspecified atom stereocenters. The lowest BCUT2D eigenvalue weighted by atomic mass is 10.0. The Hall–Kier alpha value is -0.830. The van der Waals surface area contributed by atoms with Crippen LogP contribution in [0.1, 0.15) is 12.6 Å². The van der Waals surface area contributed by atoms with Crippen LogP contribution in [-0.2, 0) is 31.2 Å². The maximum absolute atomic E-state index is 10.0. The van der Waals surface area contributed by atoms with E-state index in [1.54, 1.807) is 17.8 Å². The molecule has 12 heteroatoms. The Morgan fingerprint density at radius 1 is 1.00 bits per heavy atom. The predicted octanol–water partition coefficient (Wildman–Crippen LogP) is -1.62. The Labute approximate surface area is 173 Å². The Bertz CT molecular complexity index is 567. The molecule has 5 atom stereocenters. The zero-order valence-electron chi connectivity index (χ0n) is 16.5. The molecule has 1 saturated heterocycles. The van der Waals surface area contributed by atoms with Gasteiger partial charge in [-0.25, -0.2) is 4.68 Å². The molecule has 0 aliphatic carbocycles. The van der Waals surface area contributed by atoms with E-state index in [0.717, 1.165) is 0 Å². The van der Waals surface area contributed by atoms with Crippen molar-refractivity contribution in [2.45, 2.75) is 49.1 Å². The van der Waals surface area contributed by atoms with Crippen LogP contribution in [0.3, 0.4) is 0 Å². The van der Waals surface area contributed by atoms with Crippen molar-refractivity contribution in [3.05, 3.63) is 11.9 Å². The van der Waals surface area contributed by atoms with Gasteiger partial charge in [-0.2, -0.15) is 0 Å². The highest BCUT2D eigenvalue weighted by Crippen LogP contribution is 2.29. The molecule has 1 aromatic heterocycles. The Morgan fingerprint density at radius 2 is 1.66 bits per heavy atom. The molecule has 1 aliphatic heterocycles. The summed E-state index contributed by atoms with van der Waals surface area (Å²) in [6.45, 7) is 4.81. The maximum Gasteiger partial charge on any atom is 0.132 e. The molecule has 1 aliphatic rings. The molecule has 0 amide bonds. The van der Waals surface area contributed by atoms with Crippen LogP contribution in [0.15, 0.2) is 6.20 Å². The molecule has 4 N–H and O–H groups in total. The number of hydrogen-bond donors (Lipinski definition) is 4. The minimum Gasteiger partial charge on any atom is -0.394 e. The van der Waals surface area contributed by atoms with Crippen LogP contribution in [0.4, 0.5) is 0 Å². The van der Waals surface area contributed by atoms with E-state index in [4.69, 9.17) is 24.1 Å². The van der Waals surface area contributed by atoms with Crippen molar-refractivity contribution < 1.29 is 39.4 Å². The van der Waals surface area contributed by atoms with Gasteiger partial charge in [0, 0.05) is 11.9 Å².